The number of methoxy groups -OCH3 is 1. The van der Waals surface area contributed by atoms with Crippen molar-refractivity contribution in [1.82, 2.24) is 4.98 Å². The lowest BCUT2D eigenvalue weighted by atomic mass is 10.1. The van der Waals surface area contributed by atoms with E-state index in [4.69, 9.17) is 10.00 Å². The number of sulfonamides is 1. The monoisotopic (exact) mass is 488 g/mol. The Balaban J connectivity index is 1.81. The number of thioether (sulfide) groups is 1. The lowest BCUT2D eigenvalue weighted by Gasteiger charge is -2.11. The van der Waals surface area contributed by atoms with E-state index < -0.39 is 15.9 Å². The number of nitrogens with zero attached hydrogens (tertiary/aromatic N) is 2. The molecule has 32 heavy (non-hydrogen) atoms. The standard InChI is InChI=1S/C21H20N4O4S3/c1-13-4-9-17(32(27,28)25-15-5-7-16(29-3)8-6-15)12-18(13)19(26)24-21-23-14(2)20(31-21)30-11-10-22/h4-9,12,25H,11H2,1-3H3,(H,23,24,26). The van der Waals surface area contributed by atoms with Crippen molar-refractivity contribution in [2.45, 2.75) is 23.0 Å². The van der Waals surface area contributed by atoms with Crippen LogP contribution in [0.3, 0.4) is 0 Å². The smallest absolute Gasteiger partial charge is 0.261 e. The summed E-state index contributed by atoms with van der Waals surface area (Å²) in [5, 5.41) is 11.8. The van der Waals surface area contributed by atoms with Crippen LogP contribution in [0.15, 0.2) is 51.6 Å². The number of hydrogen-bond donors (Lipinski definition) is 2. The van der Waals surface area contributed by atoms with Gasteiger partial charge in [0.25, 0.3) is 15.9 Å². The first kappa shape index (κ1) is 23.6. The van der Waals surface area contributed by atoms with Crippen LogP contribution in [-0.2, 0) is 10.0 Å². The predicted molar refractivity (Wildman–Crippen MR) is 126 cm³/mol. The Morgan fingerprint density at radius 1 is 1.22 bits per heavy atom. The molecule has 0 radical (unpaired) electrons. The molecule has 0 spiro atoms. The van der Waals surface area contributed by atoms with Crippen molar-refractivity contribution < 1.29 is 17.9 Å². The third-order valence-corrected chi connectivity index (χ3v) is 8.03. The number of anilines is 2. The molecule has 0 saturated heterocycles. The Morgan fingerprint density at radius 3 is 2.59 bits per heavy atom. The molecular weight excluding hydrogens is 468 g/mol. The molecule has 0 aliphatic rings. The van der Waals surface area contributed by atoms with Gasteiger partial charge in [-0.15, -0.1) is 0 Å². The molecule has 166 valence electrons. The second kappa shape index (κ2) is 10.0. The normalized spacial score (nSPS) is 10.9. The molecule has 1 heterocycles. The van der Waals surface area contributed by atoms with Gasteiger partial charge in [0.1, 0.15) is 5.75 Å². The zero-order valence-electron chi connectivity index (χ0n) is 17.5. The zero-order chi connectivity index (χ0) is 23.3. The second-order valence-electron chi connectivity index (χ2n) is 6.60. The van der Waals surface area contributed by atoms with Gasteiger partial charge in [0, 0.05) is 11.3 Å². The van der Waals surface area contributed by atoms with E-state index in [2.05, 4.69) is 21.1 Å². The third-order valence-electron chi connectivity index (χ3n) is 4.35. The minimum Gasteiger partial charge on any atom is -0.497 e. The number of amides is 1. The Kier molecular flexibility index (Phi) is 7.40. The third kappa shape index (κ3) is 5.59. The van der Waals surface area contributed by atoms with E-state index in [1.807, 2.05) is 0 Å². The molecular formula is C21H20N4O4S3. The van der Waals surface area contributed by atoms with Crippen LogP contribution in [0.2, 0.25) is 0 Å². The fraction of sp³-hybridized carbons (Fsp3) is 0.190. The molecule has 0 unspecified atom stereocenters. The average molecular weight is 489 g/mol. The number of carbonyl (C=O) groups excluding carboxylic acids is 1. The lowest BCUT2D eigenvalue weighted by molar-refractivity contribution is 0.102. The van der Waals surface area contributed by atoms with Gasteiger partial charge < -0.3 is 4.74 Å². The van der Waals surface area contributed by atoms with E-state index in [1.165, 1.54) is 42.3 Å². The largest absolute Gasteiger partial charge is 0.497 e. The number of hydrogen-bond acceptors (Lipinski definition) is 8. The fourth-order valence-electron chi connectivity index (χ4n) is 2.72. The van der Waals surface area contributed by atoms with Gasteiger partial charge in [-0.3, -0.25) is 14.8 Å². The van der Waals surface area contributed by atoms with Crippen molar-refractivity contribution in [3.8, 4) is 11.8 Å². The highest BCUT2D eigenvalue weighted by molar-refractivity contribution is 8.01. The van der Waals surface area contributed by atoms with Crippen molar-refractivity contribution in [2.75, 3.05) is 22.9 Å². The Morgan fingerprint density at radius 2 is 1.94 bits per heavy atom. The molecule has 0 atom stereocenters. The van der Waals surface area contributed by atoms with E-state index in [0.717, 1.165) is 9.90 Å². The Hall–Kier alpha value is -3.07. The van der Waals surface area contributed by atoms with Crippen molar-refractivity contribution >= 4 is 49.8 Å². The molecule has 1 amide bonds. The Labute approximate surface area is 194 Å². The topological polar surface area (TPSA) is 121 Å². The van der Waals surface area contributed by atoms with E-state index in [0.29, 0.717) is 22.1 Å². The molecule has 2 aromatic carbocycles. The second-order valence-corrected chi connectivity index (χ2v) is 10.5. The highest BCUT2D eigenvalue weighted by Crippen LogP contribution is 2.32. The quantitative estimate of drug-likeness (QED) is 0.450. The number of nitrogens with one attached hydrogen (secondary N) is 2. The van der Waals surface area contributed by atoms with Gasteiger partial charge in [-0.05, 0) is 55.8 Å². The van der Waals surface area contributed by atoms with E-state index in [9.17, 15) is 13.2 Å². The maximum absolute atomic E-state index is 12.8. The van der Waals surface area contributed by atoms with Crippen molar-refractivity contribution in [3.05, 3.63) is 59.3 Å². The molecule has 3 aromatic rings. The van der Waals surface area contributed by atoms with E-state index >= 15 is 0 Å². The van der Waals surface area contributed by atoms with Gasteiger partial charge in [0.05, 0.1) is 33.7 Å². The minimum atomic E-state index is -3.91. The number of thiazole rings is 1. The summed E-state index contributed by atoms with van der Waals surface area (Å²) in [5.41, 5.74) is 1.94. The molecule has 11 heteroatoms. The zero-order valence-corrected chi connectivity index (χ0v) is 20.0. The van der Waals surface area contributed by atoms with Gasteiger partial charge in [-0.1, -0.05) is 29.2 Å². The first-order valence-electron chi connectivity index (χ1n) is 9.29. The van der Waals surface area contributed by atoms with Gasteiger partial charge in [-0.2, -0.15) is 5.26 Å². The SMILES string of the molecule is COc1ccc(NS(=O)(=O)c2ccc(C)c(C(=O)Nc3nc(C)c(SCC#N)s3)c2)cc1. The number of aryl methyl sites for hydroxylation is 2. The van der Waals surface area contributed by atoms with Crippen LogP contribution < -0.4 is 14.8 Å². The molecule has 0 bridgehead atoms. The number of aromatic nitrogens is 1. The van der Waals surface area contributed by atoms with Gasteiger partial charge in [0.15, 0.2) is 5.13 Å². The van der Waals surface area contributed by atoms with Crippen LogP contribution in [0.4, 0.5) is 10.8 Å². The molecule has 2 N–H and O–H groups in total. The maximum Gasteiger partial charge on any atom is 0.261 e. The summed E-state index contributed by atoms with van der Waals surface area (Å²) < 4.78 is 34.1. The molecule has 0 aliphatic heterocycles. The van der Waals surface area contributed by atoms with Crippen molar-refractivity contribution in [2.24, 2.45) is 0 Å². The number of rotatable bonds is 8. The van der Waals surface area contributed by atoms with Crippen molar-refractivity contribution in [1.29, 1.82) is 5.26 Å². The van der Waals surface area contributed by atoms with Crippen LogP contribution in [0.1, 0.15) is 21.6 Å². The van der Waals surface area contributed by atoms with Gasteiger partial charge in [-0.25, -0.2) is 13.4 Å². The summed E-state index contributed by atoms with van der Waals surface area (Å²) in [6, 6.07) is 12.9. The maximum atomic E-state index is 12.8. The van der Waals surface area contributed by atoms with Crippen LogP contribution in [-0.4, -0.2) is 32.2 Å². The summed E-state index contributed by atoms with van der Waals surface area (Å²) >= 11 is 2.62. The Bertz CT molecular complexity index is 1280. The fourth-order valence-corrected chi connectivity index (χ4v) is 5.60. The van der Waals surface area contributed by atoms with Crippen LogP contribution in [0.25, 0.3) is 0 Å². The van der Waals surface area contributed by atoms with E-state index in [1.54, 1.807) is 44.2 Å². The summed E-state index contributed by atoms with van der Waals surface area (Å²) in [6.07, 6.45) is 0. The first-order valence-corrected chi connectivity index (χ1v) is 12.6. The molecule has 0 saturated carbocycles. The van der Waals surface area contributed by atoms with Gasteiger partial charge >= 0.3 is 0 Å². The molecule has 3 rings (SSSR count). The summed E-state index contributed by atoms with van der Waals surface area (Å²) in [4.78, 5) is 17.1. The lowest BCUT2D eigenvalue weighted by Crippen LogP contribution is -2.17. The molecule has 0 aliphatic carbocycles. The molecule has 0 fully saturated rings. The van der Waals surface area contributed by atoms with Crippen molar-refractivity contribution in [3.63, 3.8) is 0 Å². The molecule has 8 nitrogen and oxygen atoms in total. The summed E-state index contributed by atoms with van der Waals surface area (Å²) in [6.45, 7) is 3.53. The van der Waals surface area contributed by atoms with E-state index in [-0.39, 0.29) is 16.2 Å². The summed E-state index contributed by atoms with van der Waals surface area (Å²) in [7, 11) is -2.38. The average Bonchev–Trinajstić information content (AvgIpc) is 3.11. The number of carbonyl (C=O) groups is 1. The number of benzene rings is 2. The van der Waals surface area contributed by atoms with Crippen LogP contribution in [0.5, 0.6) is 5.75 Å². The molecule has 1 aromatic heterocycles. The number of nitriles is 1. The van der Waals surface area contributed by atoms with Crippen LogP contribution >= 0.6 is 23.1 Å². The number of ether oxygens (including phenoxy) is 1. The first-order chi connectivity index (χ1) is 15.2. The predicted octanol–water partition coefficient (Wildman–Crippen LogP) is 4.44. The van der Waals surface area contributed by atoms with Crippen LogP contribution in [0, 0.1) is 25.2 Å². The minimum absolute atomic E-state index is 0.0374. The highest BCUT2D eigenvalue weighted by atomic mass is 32.2. The summed E-state index contributed by atoms with van der Waals surface area (Å²) in [5.74, 6) is 0.430. The highest BCUT2D eigenvalue weighted by Gasteiger charge is 2.20. The van der Waals surface area contributed by atoms with Gasteiger partial charge in [0.2, 0.25) is 0 Å².